The van der Waals surface area contributed by atoms with Crippen molar-refractivity contribution in [2.24, 2.45) is 0 Å². The molecule has 1 saturated heterocycles. The van der Waals surface area contributed by atoms with Crippen LogP contribution in [0.5, 0.6) is 0 Å². The second kappa shape index (κ2) is 7.99. The van der Waals surface area contributed by atoms with Crippen LogP contribution in [0.2, 0.25) is 0 Å². The highest BCUT2D eigenvalue weighted by molar-refractivity contribution is 5.75. The topological polar surface area (TPSA) is 84.2 Å². The van der Waals surface area contributed by atoms with Crippen molar-refractivity contribution < 1.29 is 9.32 Å². The van der Waals surface area contributed by atoms with Crippen molar-refractivity contribution in [2.75, 3.05) is 19.6 Å². The Morgan fingerprint density at radius 2 is 1.96 bits per heavy atom. The van der Waals surface area contributed by atoms with E-state index in [-0.39, 0.29) is 11.9 Å². The van der Waals surface area contributed by atoms with Crippen molar-refractivity contribution in [1.82, 2.24) is 25.3 Å². The summed E-state index contributed by atoms with van der Waals surface area (Å²) in [4.78, 5) is 22.6. The van der Waals surface area contributed by atoms with Gasteiger partial charge in [0.1, 0.15) is 5.69 Å². The van der Waals surface area contributed by atoms with Gasteiger partial charge in [-0.25, -0.2) is 4.79 Å². The van der Waals surface area contributed by atoms with Crippen LogP contribution in [0.25, 0.3) is 11.5 Å². The van der Waals surface area contributed by atoms with E-state index in [1.165, 1.54) is 5.56 Å². The molecular weight excluding hydrogens is 342 g/mol. The normalized spacial score (nSPS) is 14.0. The largest absolute Gasteiger partial charge is 0.338 e. The van der Waals surface area contributed by atoms with E-state index in [4.69, 9.17) is 4.52 Å². The molecule has 2 aromatic heterocycles. The Bertz CT molecular complexity index is 876. The van der Waals surface area contributed by atoms with Crippen LogP contribution in [0.1, 0.15) is 23.8 Å². The van der Waals surface area contributed by atoms with E-state index in [9.17, 15) is 4.79 Å². The minimum atomic E-state index is -0.0382. The predicted molar refractivity (Wildman–Crippen MR) is 100 cm³/mol. The molecule has 27 heavy (non-hydrogen) atoms. The van der Waals surface area contributed by atoms with Gasteiger partial charge in [-0.15, -0.1) is 0 Å². The van der Waals surface area contributed by atoms with Gasteiger partial charge in [0.05, 0.1) is 5.92 Å². The van der Waals surface area contributed by atoms with Gasteiger partial charge in [-0.2, -0.15) is 4.98 Å². The molecule has 0 radical (unpaired) electrons. The van der Waals surface area contributed by atoms with Crippen molar-refractivity contribution in [3.63, 3.8) is 0 Å². The fourth-order valence-corrected chi connectivity index (χ4v) is 3.04. The summed E-state index contributed by atoms with van der Waals surface area (Å²) in [5.41, 5.74) is 1.97. The maximum absolute atomic E-state index is 12.2. The van der Waals surface area contributed by atoms with Crippen molar-refractivity contribution in [2.45, 2.75) is 18.8 Å². The second-order valence-electron chi connectivity index (χ2n) is 6.59. The van der Waals surface area contributed by atoms with Gasteiger partial charge in [0, 0.05) is 25.8 Å². The molecule has 7 heteroatoms. The van der Waals surface area contributed by atoms with Crippen molar-refractivity contribution in [3.8, 4) is 11.5 Å². The predicted octanol–water partition coefficient (Wildman–Crippen LogP) is 2.87. The first-order chi connectivity index (χ1) is 13.3. The summed E-state index contributed by atoms with van der Waals surface area (Å²) in [6, 6.07) is 15.8. The molecule has 0 spiro atoms. The Hall–Kier alpha value is -3.22. The first kappa shape index (κ1) is 17.2. The van der Waals surface area contributed by atoms with E-state index in [2.05, 4.69) is 32.6 Å². The lowest BCUT2D eigenvalue weighted by molar-refractivity contribution is 0.137. The van der Waals surface area contributed by atoms with Crippen LogP contribution in [0.3, 0.4) is 0 Å². The fraction of sp³-hybridized carbons (Fsp3) is 0.300. The minimum Gasteiger partial charge on any atom is -0.338 e. The SMILES string of the molecule is O=C(NCCCc1ccccc1)N1CC(c2nc(-c3ccccn3)no2)C1. The minimum absolute atomic E-state index is 0.0382. The highest BCUT2D eigenvalue weighted by Gasteiger charge is 2.35. The maximum atomic E-state index is 12.2. The molecule has 1 aromatic carbocycles. The lowest BCUT2D eigenvalue weighted by Crippen LogP contribution is -2.52. The van der Waals surface area contributed by atoms with Crippen LogP contribution in [-0.4, -0.2) is 45.7 Å². The van der Waals surface area contributed by atoms with E-state index in [1.54, 1.807) is 11.1 Å². The Kier molecular flexibility index (Phi) is 5.09. The molecule has 0 saturated carbocycles. The van der Waals surface area contributed by atoms with Crippen molar-refractivity contribution in [1.29, 1.82) is 0 Å². The molecule has 2 amide bonds. The Morgan fingerprint density at radius 1 is 1.15 bits per heavy atom. The first-order valence-corrected chi connectivity index (χ1v) is 9.11. The molecule has 0 bridgehead atoms. The molecule has 0 atom stereocenters. The molecule has 1 aliphatic heterocycles. The molecule has 1 N–H and O–H groups in total. The van der Waals surface area contributed by atoms with Crippen molar-refractivity contribution in [3.05, 3.63) is 66.2 Å². The van der Waals surface area contributed by atoms with Crippen LogP contribution in [0, 0.1) is 0 Å². The van der Waals surface area contributed by atoms with E-state index in [1.807, 2.05) is 36.4 Å². The van der Waals surface area contributed by atoms with E-state index in [0.717, 1.165) is 12.8 Å². The lowest BCUT2D eigenvalue weighted by Gasteiger charge is -2.36. The Morgan fingerprint density at radius 3 is 2.74 bits per heavy atom. The second-order valence-corrected chi connectivity index (χ2v) is 6.59. The third kappa shape index (κ3) is 4.13. The van der Waals surface area contributed by atoms with Crippen LogP contribution >= 0.6 is 0 Å². The van der Waals surface area contributed by atoms with Gasteiger partial charge in [0.15, 0.2) is 0 Å². The first-order valence-electron chi connectivity index (χ1n) is 9.11. The molecule has 0 aliphatic carbocycles. The third-order valence-corrected chi connectivity index (χ3v) is 4.62. The number of aromatic nitrogens is 3. The number of hydrogen-bond acceptors (Lipinski definition) is 5. The number of pyridine rings is 1. The summed E-state index contributed by atoms with van der Waals surface area (Å²) in [6.45, 7) is 1.85. The van der Waals surface area contributed by atoms with Gasteiger partial charge >= 0.3 is 6.03 Å². The number of amides is 2. The number of aryl methyl sites for hydroxylation is 1. The quantitative estimate of drug-likeness (QED) is 0.681. The molecular formula is C20H21N5O2. The lowest BCUT2D eigenvalue weighted by atomic mass is 10.0. The Balaban J connectivity index is 1.20. The smallest absolute Gasteiger partial charge is 0.317 e. The monoisotopic (exact) mass is 363 g/mol. The van der Waals surface area contributed by atoms with E-state index < -0.39 is 0 Å². The molecule has 1 fully saturated rings. The number of rotatable bonds is 6. The number of hydrogen-bond donors (Lipinski definition) is 1. The zero-order valence-electron chi connectivity index (χ0n) is 14.9. The maximum Gasteiger partial charge on any atom is 0.317 e. The number of nitrogens with one attached hydrogen (secondary N) is 1. The average Bonchev–Trinajstić information content (AvgIpc) is 3.15. The van der Waals surface area contributed by atoms with E-state index >= 15 is 0 Å². The number of benzene rings is 1. The summed E-state index contributed by atoms with van der Waals surface area (Å²) < 4.78 is 5.34. The number of nitrogens with zero attached hydrogens (tertiary/aromatic N) is 4. The molecule has 7 nitrogen and oxygen atoms in total. The number of urea groups is 1. The zero-order valence-corrected chi connectivity index (χ0v) is 14.9. The standard InChI is InChI=1S/C20H21N5O2/c26-20(22-12-6-9-15-7-2-1-3-8-15)25-13-16(14-25)19-23-18(24-27-19)17-10-4-5-11-21-17/h1-5,7-8,10-11,16H,6,9,12-14H2,(H,22,26). The molecule has 0 unspecified atom stereocenters. The van der Waals surface area contributed by atoms with Gasteiger partial charge < -0.3 is 14.7 Å². The Labute approximate surface area is 157 Å². The molecule has 3 heterocycles. The van der Waals surface area contributed by atoms with Crippen LogP contribution < -0.4 is 5.32 Å². The summed E-state index contributed by atoms with van der Waals surface area (Å²) >= 11 is 0. The van der Waals surface area contributed by atoms with Crippen LogP contribution in [0.4, 0.5) is 4.79 Å². The number of likely N-dealkylation sites (tertiary alicyclic amines) is 1. The van der Waals surface area contributed by atoms with Crippen LogP contribution in [0.15, 0.2) is 59.3 Å². The molecule has 3 aromatic rings. The van der Waals surface area contributed by atoms with Gasteiger partial charge in [0.2, 0.25) is 11.7 Å². The summed E-state index contributed by atoms with van der Waals surface area (Å²) in [5.74, 6) is 1.13. The van der Waals surface area contributed by atoms with Gasteiger partial charge in [-0.3, -0.25) is 4.98 Å². The van der Waals surface area contributed by atoms with E-state index in [0.29, 0.717) is 37.0 Å². The molecule has 4 rings (SSSR count). The van der Waals surface area contributed by atoms with Gasteiger partial charge in [0.25, 0.3) is 0 Å². The number of carbonyl (C=O) groups is 1. The zero-order chi connectivity index (χ0) is 18.5. The molecule has 138 valence electrons. The van der Waals surface area contributed by atoms with Gasteiger partial charge in [-0.05, 0) is 30.5 Å². The summed E-state index contributed by atoms with van der Waals surface area (Å²) in [5, 5.41) is 6.95. The van der Waals surface area contributed by atoms with Crippen molar-refractivity contribution >= 4 is 6.03 Å². The third-order valence-electron chi connectivity index (χ3n) is 4.62. The van der Waals surface area contributed by atoms with Gasteiger partial charge in [-0.1, -0.05) is 41.6 Å². The highest BCUT2D eigenvalue weighted by atomic mass is 16.5. The summed E-state index contributed by atoms with van der Waals surface area (Å²) in [7, 11) is 0. The average molecular weight is 363 g/mol. The number of carbonyl (C=O) groups excluding carboxylic acids is 1. The highest BCUT2D eigenvalue weighted by Crippen LogP contribution is 2.27. The fourth-order valence-electron chi connectivity index (χ4n) is 3.04. The van der Waals surface area contributed by atoms with Crippen LogP contribution in [-0.2, 0) is 6.42 Å². The molecule has 1 aliphatic rings. The summed E-state index contributed by atoms with van der Waals surface area (Å²) in [6.07, 6.45) is 3.57.